The number of sulfone groups is 1. The fourth-order valence-corrected chi connectivity index (χ4v) is 17.9. The fourth-order valence-electron chi connectivity index (χ4n) is 14.9. The molecule has 6 aromatic rings. The first-order chi connectivity index (χ1) is 65.1. The summed E-state index contributed by atoms with van der Waals surface area (Å²) in [5.74, 6) is -5.45. The van der Waals surface area contributed by atoms with Crippen molar-refractivity contribution in [3.8, 4) is 0 Å². The zero-order chi connectivity index (χ0) is 99.3. The van der Waals surface area contributed by atoms with E-state index < -0.39 is 63.4 Å². The van der Waals surface area contributed by atoms with Gasteiger partial charge in [0.05, 0.1) is 118 Å². The van der Waals surface area contributed by atoms with Crippen LogP contribution in [0.5, 0.6) is 0 Å². The molecule has 135 heavy (non-hydrogen) atoms. The Morgan fingerprint density at radius 2 is 0.763 bits per heavy atom. The number of benzene rings is 6. The van der Waals surface area contributed by atoms with Crippen LogP contribution in [0.1, 0.15) is 154 Å². The summed E-state index contributed by atoms with van der Waals surface area (Å²) in [6.07, 6.45) is 0.0511. The summed E-state index contributed by atoms with van der Waals surface area (Å²) < 4.78 is 90.3. The van der Waals surface area contributed by atoms with Crippen molar-refractivity contribution in [2.45, 2.75) is 129 Å². The van der Waals surface area contributed by atoms with Gasteiger partial charge in [0.2, 0.25) is 11.8 Å². The lowest BCUT2D eigenvalue weighted by atomic mass is 9.84. The largest absolute Gasteiger partial charge is 0.380 e. The molecule has 11 rings (SSSR count). The first-order valence-electron chi connectivity index (χ1n) is 45.7. The van der Waals surface area contributed by atoms with Crippen LogP contribution in [-0.2, 0) is 133 Å². The highest BCUT2D eigenvalue weighted by molar-refractivity contribution is 7.91. The van der Waals surface area contributed by atoms with Crippen LogP contribution in [0.4, 0.5) is 4.39 Å². The van der Waals surface area contributed by atoms with Crippen molar-refractivity contribution in [3.63, 3.8) is 0 Å². The van der Waals surface area contributed by atoms with E-state index in [4.69, 9.17) is 119 Å². The topological polar surface area (TPSA) is 363 Å². The molecule has 5 heterocycles. The normalized spacial score (nSPS) is 16.3. The van der Waals surface area contributed by atoms with Crippen LogP contribution in [0.3, 0.4) is 0 Å². The monoisotopic (exact) mass is 2020 g/mol. The second-order valence-electron chi connectivity index (χ2n) is 33.4. The lowest BCUT2D eigenvalue weighted by molar-refractivity contribution is -0.217. The molecule has 0 radical (unpaired) electrons. The molecule has 0 aromatic heterocycles. The molecule has 6 amide bonds. The lowest BCUT2D eigenvalue weighted by Crippen LogP contribution is -2.49. The summed E-state index contributed by atoms with van der Waals surface area (Å²) in [6, 6.07) is 36.1. The Hall–Kier alpha value is -7.50. The third-order valence-electron chi connectivity index (χ3n) is 22.1. The Morgan fingerprint density at radius 1 is 0.444 bits per heavy atom. The number of carbonyl (C=O) groups is 8. The van der Waals surface area contributed by atoms with Gasteiger partial charge in [-0.3, -0.25) is 33.2 Å². The molecule has 31 nitrogen and oxygen atoms in total. The van der Waals surface area contributed by atoms with Gasteiger partial charge in [-0.15, -0.1) is 10.1 Å². The second-order valence-corrected chi connectivity index (χ2v) is 38.0. The molecule has 5 aliphatic rings. The Morgan fingerprint density at radius 3 is 1.13 bits per heavy atom. The Labute approximate surface area is 823 Å². The quantitative estimate of drug-likeness (QED) is 0.0135. The average Bonchev–Trinajstić information content (AvgIpc) is 1.14. The van der Waals surface area contributed by atoms with Gasteiger partial charge in [0.15, 0.2) is 15.3 Å². The Kier molecular flexibility index (Phi) is 50.0. The number of imide groups is 2. The smallest absolute Gasteiger partial charge is 0.349 e. The minimum Gasteiger partial charge on any atom is -0.380 e. The number of rotatable bonds is 49. The van der Waals surface area contributed by atoms with Crippen molar-refractivity contribution in [1.29, 1.82) is 0 Å². The molecule has 39 heteroatoms. The number of nitrogens with zero attached hydrogens (tertiary/aromatic N) is 5. The minimum absolute atomic E-state index is 0.0147. The molecule has 2 fully saturated rings. The maximum Gasteiger partial charge on any atom is 0.349 e. The Bertz CT molecular complexity index is 4880. The highest BCUT2D eigenvalue weighted by Gasteiger charge is 2.47. The van der Waals surface area contributed by atoms with E-state index in [1.54, 1.807) is 38.1 Å². The number of hydroxylamine groups is 4. The van der Waals surface area contributed by atoms with Gasteiger partial charge in [0.1, 0.15) is 5.41 Å². The van der Waals surface area contributed by atoms with Crippen LogP contribution >= 0.6 is 69.6 Å². The van der Waals surface area contributed by atoms with Crippen LogP contribution < -0.4 is 27.0 Å². The number of likely N-dealkylation sites (N-methyl/N-ethyl adjacent to an activating group) is 3. The maximum atomic E-state index is 13.0. The number of nitrogens with one attached hydrogen (secondary N) is 4. The predicted octanol–water partition coefficient (Wildman–Crippen LogP) is 12.3. The number of fused-ring (bicyclic) bond motifs is 3. The van der Waals surface area contributed by atoms with Gasteiger partial charge in [0.25, 0.3) is 23.6 Å². The molecule has 3 unspecified atom stereocenters. The highest BCUT2D eigenvalue weighted by Crippen LogP contribution is 2.43. The molecule has 0 spiro atoms. The van der Waals surface area contributed by atoms with E-state index in [9.17, 15) is 51.2 Å². The predicted molar refractivity (Wildman–Crippen MR) is 516 cm³/mol. The first-order valence-corrected chi connectivity index (χ1v) is 48.9. The number of nitrogens with two attached hydrogens (primary N) is 1. The van der Waals surface area contributed by atoms with Crippen LogP contribution in [0, 0.1) is 10.8 Å². The third-order valence-corrected chi connectivity index (χ3v) is 25.6. The van der Waals surface area contributed by atoms with Gasteiger partial charge in [-0.1, -0.05) is 130 Å². The molecular weight excluding hydrogens is 1890 g/mol. The summed E-state index contributed by atoms with van der Waals surface area (Å²) in [5.41, 5.74) is 15.1. The Balaban J connectivity index is 0.000000255. The first kappa shape index (κ1) is 113. The van der Waals surface area contributed by atoms with Crippen molar-refractivity contribution in [2.75, 3.05) is 205 Å². The molecular formula is C96H131Cl6FN10O21S. The van der Waals surface area contributed by atoms with Gasteiger partial charge in [0, 0.05) is 178 Å². The van der Waals surface area contributed by atoms with Crippen molar-refractivity contribution >= 4 is 127 Å². The number of hydrogen-bond acceptors (Lipinski definition) is 27. The summed E-state index contributed by atoms with van der Waals surface area (Å²) in [6.45, 7) is 27.5. The molecule has 6 N–H and O–H groups in total. The van der Waals surface area contributed by atoms with Crippen molar-refractivity contribution in [2.24, 2.45) is 16.6 Å². The van der Waals surface area contributed by atoms with E-state index in [0.29, 0.717) is 167 Å². The van der Waals surface area contributed by atoms with Crippen LogP contribution in [-0.4, -0.2) is 286 Å². The molecule has 5 aliphatic heterocycles. The average molecular weight is 2030 g/mol. The summed E-state index contributed by atoms with van der Waals surface area (Å²) in [5, 5.41) is 17.0. The van der Waals surface area contributed by atoms with E-state index in [-0.39, 0.29) is 61.0 Å². The van der Waals surface area contributed by atoms with Gasteiger partial charge in [-0.25, -0.2) is 18.0 Å². The van der Waals surface area contributed by atoms with E-state index in [1.807, 2.05) is 45.2 Å². The zero-order valence-electron chi connectivity index (χ0n) is 79.4. The van der Waals surface area contributed by atoms with E-state index in [2.05, 4.69) is 120 Å². The van der Waals surface area contributed by atoms with Crippen molar-refractivity contribution < 1.29 is 105 Å². The van der Waals surface area contributed by atoms with Crippen molar-refractivity contribution in [3.05, 3.63) is 201 Å². The number of hydrogen-bond donors (Lipinski definition) is 5. The number of halogens is 7. The van der Waals surface area contributed by atoms with Gasteiger partial charge in [-0.2, -0.15) is 0 Å². The third kappa shape index (κ3) is 37.2. The molecule has 0 saturated carbocycles. The minimum atomic E-state index is -3.44. The zero-order valence-corrected chi connectivity index (χ0v) is 83.8. The second kappa shape index (κ2) is 59.8. The van der Waals surface area contributed by atoms with Crippen molar-refractivity contribution in [1.82, 2.24) is 46.1 Å². The molecule has 746 valence electrons. The van der Waals surface area contributed by atoms with Gasteiger partial charge in [-0.05, 0) is 179 Å². The number of ether oxygens (including phenoxy) is 9. The summed E-state index contributed by atoms with van der Waals surface area (Å²) >= 11 is 38.4. The fraction of sp³-hybridized carbons (Fsp3) is 0.542. The van der Waals surface area contributed by atoms with Gasteiger partial charge >= 0.3 is 11.9 Å². The molecule has 0 aliphatic carbocycles. The molecule has 6 aromatic carbocycles. The van der Waals surface area contributed by atoms with Crippen LogP contribution in [0.2, 0.25) is 30.1 Å². The SMILES string of the molecule is CC(C)(C(=O)ON1C(=O)CCC1=O)C(=O)ON1C(=O)CCC1=O.CCOCCNCc1cccc(C2CN(C)Cc3c(Cl)cc(Cl)cc32)c1.CCOCCOCCNC(=O)C(C)(C)C(=O)NCCOCCOCCOCCNCc1cccc(C2CN(C)Cc3c(Cl)cc(Cl)cc32)c1.CN1Cc2c(Cl)cc(Cl)cc2C(c2cccc(S(=O)(=O)CCCOCCOCCOCCN)c2)C1.[2H]CF. The van der Waals surface area contributed by atoms with Crippen LogP contribution in [0.25, 0.3) is 0 Å². The lowest BCUT2D eigenvalue weighted by Gasteiger charge is -2.33. The van der Waals surface area contributed by atoms with E-state index >= 15 is 0 Å². The highest BCUT2D eigenvalue weighted by atomic mass is 35.5. The maximum absolute atomic E-state index is 13.0. The van der Waals surface area contributed by atoms with Crippen LogP contribution in [0.15, 0.2) is 114 Å². The summed E-state index contributed by atoms with van der Waals surface area (Å²) in [7, 11) is 1.85. The number of amides is 6. The standard InChI is InChI=1S/C36H54Cl2N4O7.C25H34Cl2N2O5S.C21H26Cl2N2O.C13H14N2O8.CH3F/c1-5-45-15-16-47-13-10-40-34(43)36(2,3)35(44)41-11-14-48-18-20-49-19-17-46-12-9-39-24-27-7-6-8-28(21-27)31-25-42(4)26-32-30(31)22-29(37)23-33(32)38;1-29-17-23(22-15-20(26)16-25(27)24(22)18-29)19-4-2-5-21(14-19)35(30,31)13-3-7-32-9-11-34-12-10-33-8-6-28;1-3-26-8-7-24-12-15-5-4-6-16(9-15)19-13-25(2)14-20-18(19)10-17(22)11-21(20)23;1-13(2,11(20)22-14-7(16)3-4-8(14)17)12(21)23-15-9(18)5-6-10(15)19;1-2/h6-8,21-23,31,39H,5,9-20,24-26H2,1-4H3,(H,40,43)(H,41,44);2,4-5,14-16,23H,3,6-13,17-18,28H2,1H3;4-6,9-11,19,24H,3,7-8,12-14H2,1-2H3;3-6H2,1-2H3;1H3/i;;;;1D. The molecule has 0 bridgehead atoms. The number of carbonyl (C=O) groups excluding carboxylic acids is 8. The molecule has 2 saturated heterocycles. The van der Waals surface area contributed by atoms with E-state index in [1.165, 1.54) is 38.9 Å². The van der Waals surface area contributed by atoms with Gasteiger partial charge < -0.3 is 94.0 Å². The summed E-state index contributed by atoms with van der Waals surface area (Å²) in [4.78, 5) is 111. The van der Waals surface area contributed by atoms with E-state index in [0.717, 1.165) is 125 Å². The molecule has 3 atom stereocenters. The number of alkyl halides is 1.